The quantitative estimate of drug-likeness (QED) is 0.0478. The number of carbonyl (C=O) groups excluding carboxylic acids is 1. The van der Waals surface area contributed by atoms with Crippen molar-refractivity contribution < 1.29 is 28.0 Å². The first kappa shape index (κ1) is 42.5. The van der Waals surface area contributed by atoms with Gasteiger partial charge in [0, 0.05) is 68.7 Å². The predicted octanol–water partition coefficient (Wildman–Crippen LogP) is 9.09. The number of aliphatic hydroxyl groups is 1. The smallest absolute Gasteiger partial charge is 0.293 e. The first-order chi connectivity index (χ1) is 29.4. The summed E-state index contributed by atoms with van der Waals surface area (Å²) in [7, 11) is -4.31. The molecule has 0 spiro atoms. The Morgan fingerprint density at radius 2 is 1.74 bits per heavy atom. The van der Waals surface area contributed by atoms with Crippen molar-refractivity contribution >= 4 is 43.7 Å². The largest absolute Gasteiger partial charge is 0.455 e. The molecule has 62 heavy (non-hydrogen) atoms. The van der Waals surface area contributed by atoms with Gasteiger partial charge in [-0.2, -0.15) is 0 Å². The fourth-order valence-electron chi connectivity index (χ4n) is 11.3. The van der Waals surface area contributed by atoms with Crippen LogP contribution in [0.5, 0.6) is 11.5 Å². The molecule has 0 amide bonds. The van der Waals surface area contributed by atoms with E-state index in [2.05, 4.69) is 45.9 Å². The summed E-state index contributed by atoms with van der Waals surface area (Å²) < 4.78 is 34.0. The molecule has 1 saturated heterocycles. The van der Waals surface area contributed by atoms with Crippen LogP contribution < -0.4 is 15.0 Å². The Morgan fingerprint density at radius 3 is 2.45 bits per heavy atom. The van der Waals surface area contributed by atoms with Crippen molar-refractivity contribution in [1.29, 1.82) is 0 Å². The number of carbonyl (C=O) groups is 1. The average molecular weight is 865 g/mol. The third kappa shape index (κ3) is 8.62. The lowest BCUT2D eigenvalue weighted by Gasteiger charge is -2.72. The van der Waals surface area contributed by atoms with Crippen molar-refractivity contribution in [3.05, 3.63) is 87.7 Å². The molecule has 330 valence electrons. The van der Waals surface area contributed by atoms with Crippen LogP contribution in [0.3, 0.4) is 0 Å². The zero-order chi connectivity index (χ0) is 43.7. The fraction of sp³-hybridized carbons (Fsp3) is 0.542. The Labute approximate surface area is 364 Å². The molecule has 5 fully saturated rings. The third-order valence-electron chi connectivity index (χ3n) is 14.8. The lowest BCUT2D eigenvalue weighted by Crippen LogP contribution is -2.61. The Kier molecular flexibility index (Phi) is 10.8. The molecule has 4 saturated carbocycles. The van der Waals surface area contributed by atoms with E-state index in [0.717, 1.165) is 62.7 Å². The number of sulfone groups is 1. The number of benzene rings is 2. The highest BCUT2D eigenvalue weighted by molar-refractivity contribution is 7.92. The number of nitrogens with zero attached hydrogens (tertiary/aromatic N) is 4. The molecule has 2 bridgehead atoms. The van der Waals surface area contributed by atoms with Crippen LogP contribution in [0.25, 0.3) is 11.0 Å². The topological polar surface area (TPSA) is 171 Å². The van der Waals surface area contributed by atoms with Crippen LogP contribution in [0.2, 0.25) is 0 Å². The molecule has 13 nitrogen and oxygen atoms in total. The summed E-state index contributed by atoms with van der Waals surface area (Å²) in [5.41, 5.74) is 5.60. The molecule has 10 rings (SSSR count). The standard InChI is InChI=1S/C48H60N6O7S/c1-45(2)13-11-34(39(24-45)48-29-46(3,30-48)31-48)27-52-17-19-53(20-18-52)35-5-7-38(43(22-35)61-36-21-33-12-16-49-44(33)51-26-36)42(55)28-62(59,60)37-6-8-40(41(23-37)54(57)58)50-25-32-9-14-47(4,56)15-10-32/h5-8,12,16,21-23,26,32,50,56H,9-11,13-15,17-20,24-25,27-31H2,1-4H3,(H,49,51). The molecule has 0 radical (unpaired) electrons. The van der Waals surface area contributed by atoms with E-state index in [-0.39, 0.29) is 33.5 Å². The number of pyridine rings is 1. The number of hydrogen-bond acceptors (Lipinski definition) is 11. The number of rotatable bonds is 14. The normalized spacial score (nSPS) is 27.4. The van der Waals surface area contributed by atoms with E-state index in [1.807, 2.05) is 31.2 Å². The number of nitro groups is 1. The first-order valence-electron chi connectivity index (χ1n) is 22.3. The van der Waals surface area contributed by atoms with Crippen LogP contribution in [-0.4, -0.2) is 89.7 Å². The van der Waals surface area contributed by atoms with Gasteiger partial charge in [0.05, 0.1) is 27.2 Å². The fourth-order valence-corrected chi connectivity index (χ4v) is 12.6. The molecule has 6 aliphatic rings. The molecular weight excluding hydrogens is 805 g/mol. The number of ether oxygens (including phenoxy) is 1. The third-order valence-corrected chi connectivity index (χ3v) is 16.4. The lowest BCUT2D eigenvalue weighted by atomic mass is 9.33. The summed E-state index contributed by atoms with van der Waals surface area (Å²) >= 11 is 0. The maximum absolute atomic E-state index is 14.1. The van der Waals surface area contributed by atoms with Gasteiger partial charge in [-0.3, -0.25) is 19.8 Å². The lowest BCUT2D eigenvalue weighted by molar-refractivity contribution is -0.384. The van der Waals surface area contributed by atoms with Crippen molar-refractivity contribution in [1.82, 2.24) is 14.9 Å². The molecule has 14 heteroatoms. The maximum Gasteiger partial charge on any atom is 0.293 e. The van der Waals surface area contributed by atoms with Gasteiger partial charge in [-0.25, -0.2) is 13.4 Å². The molecule has 3 heterocycles. The summed E-state index contributed by atoms with van der Waals surface area (Å²) in [5.74, 6) is -0.769. The number of aromatic amines is 1. The average Bonchev–Trinajstić information content (AvgIpc) is 3.68. The molecule has 0 unspecified atom stereocenters. The zero-order valence-electron chi connectivity index (χ0n) is 36.5. The van der Waals surface area contributed by atoms with E-state index in [4.69, 9.17) is 4.74 Å². The summed E-state index contributed by atoms with van der Waals surface area (Å²) in [6.45, 7) is 14.0. The van der Waals surface area contributed by atoms with Crippen LogP contribution in [0.1, 0.15) is 102 Å². The number of H-pyrrole nitrogens is 1. The second kappa shape index (κ2) is 15.8. The Bertz CT molecular complexity index is 2520. The van der Waals surface area contributed by atoms with Crippen molar-refractivity contribution in [2.45, 2.75) is 102 Å². The predicted molar refractivity (Wildman–Crippen MR) is 241 cm³/mol. The highest BCUT2D eigenvalue weighted by atomic mass is 32.2. The number of nitrogens with one attached hydrogen (secondary N) is 2. The van der Waals surface area contributed by atoms with E-state index in [1.165, 1.54) is 50.7 Å². The summed E-state index contributed by atoms with van der Waals surface area (Å²) in [6.07, 6.45) is 13.9. The van der Waals surface area contributed by atoms with E-state index in [9.17, 15) is 28.4 Å². The van der Waals surface area contributed by atoms with E-state index >= 15 is 0 Å². The van der Waals surface area contributed by atoms with Crippen LogP contribution in [-0.2, 0) is 9.84 Å². The number of allylic oxidation sites excluding steroid dienone is 1. The summed E-state index contributed by atoms with van der Waals surface area (Å²) in [4.78, 5) is 37.7. The van der Waals surface area contributed by atoms with Gasteiger partial charge in [0.1, 0.15) is 28.6 Å². The number of nitro benzene ring substituents is 1. The number of ketones is 1. The monoisotopic (exact) mass is 864 g/mol. The highest BCUT2D eigenvalue weighted by Crippen LogP contribution is 2.77. The molecule has 5 aliphatic carbocycles. The van der Waals surface area contributed by atoms with E-state index in [1.54, 1.807) is 29.6 Å². The molecule has 3 N–H and O–H groups in total. The highest BCUT2D eigenvalue weighted by Gasteiger charge is 2.66. The Morgan fingerprint density at radius 1 is 1.00 bits per heavy atom. The molecule has 2 aromatic carbocycles. The van der Waals surface area contributed by atoms with Crippen molar-refractivity contribution in [3.63, 3.8) is 0 Å². The zero-order valence-corrected chi connectivity index (χ0v) is 37.3. The Hall–Kier alpha value is -4.79. The second-order valence-corrected chi connectivity index (χ2v) is 22.6. The van der Waals surface area contributed by atoms with Crippen molar-refractivity contribution in [2.75, 3.05) is 55.2 Å². The number of fused-ring (bicyclic) bond motifs is 1. The number of aromatic nitrogens is 2. The van der Waals surface area contributed by atoms with Crippen LogP contribution in [0.15, 0.2) is 77.0 Å². The molecule has 0 atom stereocenters. The van der Waals surface area contributed by atoms with Crippen LogP contribution in [0, 0.1) is 32.3 Å². The number of hydrogen-bond donors (Lipinski definition) is 3. The van der Waals surface area contributed by atoms with Gasteiger partial charge in [-0.1, -0.05) is 31.9 Å². The van der Waals surface area contributed by atoms with Crippen molar-refractivity contribution in [3.8, 4) is 11.5 Å². The summed E-state index contributed by atoms with van der Waals surface area (Å²) in [6, 6.07) is 12.7. The minimum atomic E-state index is -4.31. The minimum absolute atomic E-state index is 0.0894. The summed E-state index contributed by atoms with van der Waals surface area (Å²) in [5, 5.41) is 26.4. The van der Waals surface area contributed by atoms with E-state index < -0.39 is 31.9 Å². The second-order valence-electron chi connectivity index (χ2n) is 20.6. The van der Waals surface area contributed by atoms with Gasteiger partial charge in [0.15, 0.2) is 15.6 Å². The van der Waals surface area contributed by atoms with Gasteiger partial charge in [-0.15, -0.1) is 0 Å². The number of anilines is 2. The van der Waals surface area contributed by atoms with Gasteiger partial charge in [0.2, 0.25) is 0 Å². The van der Waals surface area contributed by atoms with Gasteiger partial charge in [0.25, 0.3) is 5.69 Å². The molecular formula is C48H60N6O7S. The van der Waals surface area contributed by atoms with Gasteiger partial charge < -0.3 is 25.0 Å². The molecule has 2 aromatic heterocycles. The number of Topliss-reactive ketones (excluding diaryl/α,β-unsaturated/α-hetero) is 1. The molecule has 1 aliphatic heterocycles. The SMILES string of the molecule is CC1(C)CCC(CN2CCN(c3ccc(C(=O)CS(=O)(=O)c4ccc(NCC5CCC(C)(O)CC5)c([N+](=O)[O-])c4)c(Oc4cnc5[nH]ccc5c4)c3)CC2)=C(C23CC(C)(C2)C3)C1. The first-order valence-corrected chi connectivity index (χ1v) is 24.0. The van der Waals surface area contributed by atoms with E-state index in [0.29, 0.717) is 47.0 Å². The van der Waals surface area contributed by atoms with Crippen LogP contribution >= 0.6 is 0 Å². The maximum atomic E-state index is 14.1. The number of piperazine rings is 1. The van der Waals surface area contributed by atoms with Crippen molar-refractivity contribution in [2.24, 2.45) is 22.2 Å². The van der Waals surface area contributed by atoms with Crippen LogP contribution in [0.4, 0.5) is 17.1 Å². The Balaban J connectivity index is 0.913. The minimum Gasteiger partial charge on any atom is -0.455 e. The van der Waals surface area contributed by atoms with Gasteiger partial charge >= 0.3 is 0 Å². The van der Waals surface area contributed by atoms with Gasteiger partial charge in [-0.05, 0) is 130 Å². The molecule has 4 aromatic rings.